The van der Waals surface area contributed by atoms with Crippen molar-refractivity contribution in [2.45, 2.75) is 20.0 Å². The number of ether oxygens (including phenoxy) is 1. The second-order valence-corrected chi connectivity index (χ2v) is 4.96. The molecule has 0 aliphatic rings. The fourth-order valence-corrected chi connectivity index (χ4v) is 2.32. The third kappa shape index (κ3) is 3.09. The molecule has 2 aromatic carbocycles. The first-order chi connectivity index (χ1) is 9.63. The van der Waals surface area contributed by atoms with E-state index >= 15 is 0 Å². The van der Waals surface area contributed by atoms with Crippen molar-refractivity contribution in [2.75, 3.05) is 7.11 Å². The highest BCUT2D eigenvalue weighted by atomic mass is 16.5. The number of methoxy groups -OCH3 is 1. The molecule has 0 heterocycles. The van der Waals surface area contributed by atoms with E-state index in [1.165, 1.54) is 0 Å². The average Bonchev–Trinajstić information content (AvgIpc) is 2.48. The van der Waals surface area contributed by atoms with E-state index in [9.17, 15) is 5.11 Å². The minimum Gasteiger partial charge on any atom is -0.497 e. The van der Waals surface area contributed by atoms with Crippen LogP contribution in [-0.4, -0.2) is 12.2 Å². The van der Waals surface area contributed by atoms with Gasteiger partial charge in [0.25, 0.3) is 0 Å². The van der Waals surface area contributed by atoms with Crippen LogP contribution in [0.1, 0.15) is 31.1 Å². The molecule has 0 spiro atoms. The molecule has 2 aromatic rings. The Bertz CT molecular complexity index is 596. The van der Waals surface area contributed by atoms with Gasteiger partial charge in [-0.1, -0.05) is 48.0 Å². The molecule has 0 aliphatic heterocycles. The van der Waals surface area contributed by atoms with Crippen molar-refractivity contribution < 1.29 is 9.84 Å². The molecule has 0 amide bonds. The molecule has 2 nitrogen and oxygen atoms in total. The fourth-order valence-electron chi connectivity index (χ4n) is 2.32. The summed E-state index contributed by atoms with van der Waals surface area (Å²) in [4.78, 5) is 0. The largest absolute Gasteiger partial charge is 0.497 e. The zero-order chi connectivity index (χ0) is 14.5. The van der Waals surface area contributed by atoms with Crippen LogP contribution in [-0.2, 0) is 0 Å². The van der Waals surface area contributed by atoms with Crippen LogP contribution in [0, 0.1) is 0 Å². The molecule has 0 radical (unpaired) electrons. The van der Waals surface area contributed by atoms with Gasteiger partial charge in [-0.2, -0.15) is 0 Å². The van der Waals surface area contributed by atoms with Gasteiger partial charge in [-0.3, -0.25) is 0 Å². The highest BCUT2D eigenvalue weighted by Crippen LogP contribution is 2.33. The van der Waals surface area contributed by atoms with E-state index in [-0.39, 0.29) is 0 Å². The molecular formula is C18H20O2. The van der Waals surface area contributed by atoms with Gasteiger partial charge >= 0.3 is 0 Å². The maximum absolute atomic E-state index is 10.7. The molecule has 1 unspecified atom stereocenters. The van der Waals surface area contributed by atoms with Crippen LogP contribution in [0.25, 0.3) is 5.57 Å². The summed E-state index contributed by atoms with van der Waals surface area (Å²) in [5, 5.41) is 10.7. The molecule has 2 heteroatoms. The Balaban J connectivity index is 2.43. The number of hydrogen-bond acceptors (Lipinski definition) is 2. The number of aliphatic hydroxyl groups excluding tert-OH is 1. The van der Waals surface area contributed by atoms with Crippen molar-refractivity contribution in [3.8, 4) is 5.75 Å². The van der Waals surface area contributed by atoms with Crippen molar-refractivity contribution in [3.05, 3.63) is 71.3 Å². The molecule has 1 atom stereocenters. The van der Waals surface area contributed by atoms with Gasteiger partial charge in [0, 0.05) is 0 Å². The van der Waals surface area contributed by atoms with Gasteiger partial charge in [-0.25, -0.2) is 0 Å². The van der Waals surface area contributed by atoms with Crippen molar-refractivity contribution in [1.82, 2.24) is 0 Å². The van der Waals surface area contributed by atoms with E-state index in [0.717, 1.165) is 28.0 Å². The molecule has 20 heavy (non-hydrogen) atoms. The first-order valence-corrected chi connectivity index (χ1v) is 6.68. The molecule has 2 rings (SSSR count). The van der Waals surface area contributed by atoms with Gasteiger partial charge in [-0.05, 0) is 42.7 Å². The van der Waals surface area contributed by atoms with Crippen LogP contribution in [0.15, 0.2) is 60.2 Å². The van der Waals surface area contributed by atoms with Crippen molar-refractivity contribution in [1.29, 1.82) is 0 Å². The lowest BCUT2D eigenvalue weighted by Gasteiger charge is -2.18. The van der Waals surface area contributed by atoms with Crippen LogP contribution in [0.5, 0.6) is 5.75 Å². The Morgan fingerprint density at radius 2 is 1.70 bits per heavy atom. The van der Waals surface area contributed by atoms with Crippen molar-refractivity contribution >= 4 is 5.57 Å². The summed E-state index contributed by atoms with van der Waals surface area (Å²) in [5.41, 5.74) is 3.93. The summed E-state index contributed by atoms with van der Waals surface area (Å²) in [6.45, 7) is 4.04. The quantitative estimate of drug-likeness (QED) is 0.899. The maximum Gasteiger partial charge on any atom is 0.119 e. The van der Waals surface area contributed by atoms with Crippen LogP contribution in [0.4, 0.5) is 0 Å². The monoisotopic (exact) mass is 268 g/mol. The van der Waals surface area contributed by atoms with Crippen LogP contribution < -0.4 is 4.74 Å². The summed E-state index contributed by atoms with van der Waals surface area (Å²) in [5.74, 6) is 0.753. The lowest BCUT2D eigenvalue weighted by Crippen LogP contribution is -2.03. The minimum atomic E-state index is -0.655. The third-order valence-corrected chi connectivity index (χ3v) is 3.31. The van der Waals surface area contributed by atoms with Gasteiger partial charge in [0.2, 0.25) is 0 Å². The molecule has 0 aliphatic carbocycles. The zero-order valence-corrected chi connectivity index (χ0v) is 12.1. The van der Waals surface area contributed by atoms with Gasteiger partial charge in [0.1, 0.15) is 11.9 Å². The molecule has 104 valence electrons. The van der Waals surface area contributed by atoms with E-state index in [0.29, 0.717) is 0 Å². The summed E-state index contributed by atoms with van der Waals surface area (Å²) in [6.07, 6.45) is -0.655. The Labute approximate surface area is 120 Å². The van der Waals surface area contributed by atoms with Gasteiger partial charge in [0.05, 0.1) is 7.11 Å². The average molecular weight is 268 g/mol. The maximum atomic E-state index is 10.7. The molecule has 0 bridgehead atoms. The number of rotatable bonds is 4. The SMILES string of the molecule is COc1cccc(C(O)C(=C(C)C)c2ccccc2)c1. The van der Waals surface area contributed by atoms with Crippen molar-refractivity contribution in [2.24, 2.45) is 0 Å². The number of allylic oxidation sites excluding steroid dienone is 1. The summed E-state index contributed by atoms with van der Waals surface area (Å²) >= 11 is 0. The zero-order valence-electron chi connectivity index (χ0n) is 12.1. The number of benzene rings is 2. The van der Waals surface area contributed by atoms with Crippen LogP contribution in [0.3, 0.4) is 0 Å². The van der Waals surface area contributed by atoms with Gasteiger partial charge < -0.3 is 9.84 Å². The molecular weight excluding hydrogens is 248 g/mol. The Morgan fingerprint density at radius 1 is 1.00 bits per heavy atom. The lowest BCUT2D eigenvalue weighted by molar-refractivity contribution is 0.237. The highest BCUT2D eigenvalue weighted by Gasteiger charge is 2.17. The second-order valence-electron chi connectivity index (χ2n) is 4.96. The standard InChI is InChI=1S/C18H20O2/c1-13(2)17(14-8-5-4-6-9-14)18(19)15-10-7-11-16(12-15)20-3/h4-12,18-19H,1-3H3. The summed E-state index contributed by atoms with van der Waals surface area (Å²) < 4.78 is 5.22. The smallest absolute Gasteiger partial charge is 0.119 e. The molecule has 0 saturated heterocycles. The number of hydrogen-bond donors (Lipinski definition) is 1. The Hall–Kier alpha value is -2.06. The molecule has 0 saturated carbocycles. The summed E-state index contributed by atoms with van der Waals surface area (Å²) in [7, 11) is 1.63. The van der Waals surface area contributed by atoms with Gasteiger partial charge in [0.15, 0.2) is 0 Å². The van der Waals surface area contributed by atoms with E-state index in [2.05, 4.69) is 0 Å². The molecule has 0 fully saturated rings. The van der Waals surface area contributed by atoms with Gasteiger partial charge in [-0.15, -0.1) is 0 Å². The van der Waals surface area contributed by atoms with Crippen LogP contribution in [0.2, 0.25) is 0 Å². The highest BCUT2D eigenvalue weighted by molar-refractivity contribution is 5.72. The predicted molar refractivity (Wildman–Crippen MR) is 82.7 cm³/mol. The lowest BCUT2D eigenvalue weighted by atomic mass is 9.92. The third-order valence-electron chi connectivity index (χ3n) is 3.31. The topological polar surface area (TPSA) is 29.5 Å². The second kappa shape index (κ2) is 6.40. The Morgan fingerprint density at radius 3 is 2.30 bits per heavy atom. The molecule has 1 N–H and O–H groups in total. The minimum absolute atomic E-state index is 0.655. The normalized spacial score (nSPS) is 11.8. The molecule has 0 aromatic heterocycles. The summed E-state index contributed by atoms with van der Waals surface area (Å²) in [6, 6.07) is 17.5. The van der Waals surface area contributed by atoms with E-state index in [1.807, 2.05) is 68.4 Å². The predicted octanol–water partition coefficient (Wildman–Crippen LogP) is 4.22. The van der Waals surface area contributed by atoms with E-state index < -0.39 is 6.10 Å². The first kappa shape index (κ1) is 14.4. The number of aliphatic hydroxyl groups is 1. The Kier molecular flexibility index (Phi) is 4.59. The van der Waals surface area contributed by atoms with E-state index in [1.54, 1.807) is 7.11 Å². The van der Waals surface area contributed by atoms with Crippen LogP contribution >= 0.6 is 0 Å². The van der Waals surface area contributed by atoms with E-state index in [4.69, 9.17) is 4.74 Å². The first-order valence-electron chi connectivity index (χ1n) is 6.68. The fraction of sp³-hybridized carbons (Fsp3) is 0.222. The van der Waals surface area contributed by atoms with Crippen molar-refractivity contribution in [3.63, 3.8) is 0 Å².